The van der Waals surface area contributed by atoms with Gasteiger partial charge in [0.05, 0.1) is 0 Å². The normalized spacial score (nSPS) is 9.09. The summed E-state index contributed by atoms with van der Waals surface area (Å²) in [5, 5.41) is 9.24. The molecule has 56 valence electrons. The van der Waals surface area contributed by atoms with E-state index in [1.54, 1.807) is 6.92 Å². The van der Waals surface area contributed by atoms with Crippen molar-refractivity contribution in [2.75, 3.05) is 5.73 Å². The van der Waals surface area contributed by atoms with Gasteiger partial charge in [-0.25, -0.2) is 4.98 Å². The maximum absolute atomic E-state index is 9.24. The van der Waals surface area contributed by atoms with E-state index < -0.39 is 0 Å². The van der Waals surface area contributed by atoms with Gasteiger partial charge in [-0.2, -0.15) is 0 Å². The molecule has 0 aliphatic carbocycles. The zero-order valence-corrected chi connectivity index (χ0v) is 6.13. The van der Waals surface area contributed by atoms with Crippen LogP contribution in [0.5, 0.6) is 5.75 Å². The summed E-state index contributed by atoms with van der Waals surface area (Å²) in [4.78, 5) is 3.70. The third kappa shape index (κ3) is 1.10. The van der Waals surface area contributed by atoms with Gasteiger partial charge in [-0.05, 0) is 6.92 Å². The molecular weight excluding hydrogens is 140 g/mol. The summed E-state index contributed by atoms with van der Waals surface area (Å²) < 4.78 is 0. The van der Waals surface area contributed by atoms with Crippen molar-refractivity contribution in [1.29, 1.82) is 0 Å². The van der Waals surface area contributed by atoms with Gasteiger partial charge < -0.3 is 10.8 Å². The second-order valence-electron chi connectivity index (χ2n) is 2.18. The van der Waals surface area contributed by atoms with Crippen molar-refractivity contribution in [2.24, 2.45) is 0 Å². The lowest BCUT2D eigenvalue weighted by molar-refractivity contribution is 0.471. The summed E-state index contributed by atoms with van der Waals surface area (Å²) in [6, 6.07) is 0. The first-order valence-electron chi connectivity index (χ1n) is 3.07. The van der Waals surface area contributed by atoms with E-state index in [0.717, 1.165) is 0 Å². The van der Waals surface area contributed by atoms with E-state index in [1.807, 2.05) is 0 Å². The van der Waals surface area contributed by atoms with E-state index in [1.165, 1.54) is 6.20 Å². The number of nitrogen functional groups attached to an aromatic ring is 1. The van der Waals surface area contributed by atoms with Crippen LogP contribution < -0.4 is 5.73 Å². The van der Waals surface area contributed by atoms with Crippen LogP contribution in [0.2, 0.25) is 0 Å². The van der Waals surface area contributed by atoms with Gasteiger partial charge in [0, 0.05) is 17.3 Å². The van der Waals surface area contributed by atoms with Gasteiger partial charge in [0.15, 0.2) is 11.6 Å². The molecular formula is C8H8N2O. The van der Waals surface area contributed by atoms with Gasteiger partial charge in [0.2, 0.25) is 0 Å². The Morgan fingerprint density at radius 1 is 1.73 bits per heavy atom. The van der Waals surface area contributed by atoms with Crippen molar-refractivity contribution < 1.29 is 5.11 Å². The fourth-order valence-electron chi connectivity index (χ4n) is 0.757. The maximum atomic E-state index is 9.24. The third-order valence-electron chi connectivity index (χ3n) is 1.49. The number of terminal acetylenes is 1. The third-order valence-corrected chi connectivity index (χ3v) is 1.49. The molecule has 1 heterocycles. The minimum atomic E-state index is -0.0274. The Morgan fingerprint density at radius 3 is 2.91 bits per heavy atom. The van der Waals surface area contributed by atoms with Gasteiger partial charge in [-0.15, -0.1) is 6.42 Å². The number of aromatic hydroxyl groups is 1. The summed E-state index contributed by atoms with van der Waals surface area (Å²) in [5.41, 5.74) is 6.48. The van der Waals surface area contributed by atoms with Crippen molar-refractivity contribution in [3.63, 3.8) is 0 Å². The van der Waals surface area contributed by atoms with Crippen LogP contribution in [0.3, 0.4) is 0 Å². The van der Waals surface area contributed by atoms with Gasteiger partial charge in [0.1, 0.15) is 0 Å². The fourth-order valence-corrected chi connectivity index (χ4v) is 0.757. The van der Waals surface area contributed by atoms with Crippen molar-refractivity contribution in [3.8, 4) is 18.1 Å². The zero-order valence-electron chi connectivity index (χ0n) is 6.13. The highest BCUT2D eigenvalue weighted by molar-refractivity contribution is 5.55. The molecule has 0 saturated carbocycles. The van der Waals surface area contributed by atoms with Gasteiger partial charge >= 0.3 is 0 Å². The van der Waals surface area contributed by atoms with E-state index in [9.17, 15) is 5.11 Å². The van der Waals surface area contributed by atoms with Crippen LogP contribution in [-0.4, -0.2) is 10.1 Å². The maximum Gasteiger partial charge on any atom is 0.166 e. The molecule has 0 aromatic carbocycles. The fraction of sp³-hybridized carbons (Fsp3) is 0.125. The van der Waals surface area contributed by atoms with E-state index >= 15 is 0 Å². The first-order chi connectivity index (χ1) is 5.16. The molecule has 0 bridgehead atoms. The number of hydrogen-bond acceptors (Lipinski definition) is 3. The lowest BCUT2D eigenvalue weighted by Gasteiger charge is -2.02. The summed E-state index contributed by atoms with van der Waals surface area (Å²) in [6.45, 7) is 1.70. The average Bonchev–Trinajstić information content (AvgIpc) is 2.01. The van der Waals surface area contributed by atoms with Crippen LogP contribution in [-0.2, 0) is 0 Å². The molecule has 0 amide bonds. The van der Waals surface area contributed by atoms with E-state index in [4.69, 9.17) is 12.2 Å². The Bertz CT molecular complexity index is 326. The Labute approximate surface area is 64.9 Å². The second-order valence-corrected chi connectivity index (χ2v) is 2.18. The Hall–Kier alpha value is -1.69. The van der Waals surface area contributed by atoms with Gasteiger partial charge in [-0.1, -0.05) is 5.92 Å². The van der Waals surface area contributed by atoms with Crippen LogP contribution in [0, 0.1) is 19.3 Å². The highest BCUT2D eigenvalue weighted by Gasteiger charge is 2.04. The van der Waals surface area contributed by atoms with Crippen molar-refractivity contribution in [1.82, 2.24) is 4.98 Å². The molecule has 0 spiro atoms. The molecule has 0 aliphatic heterocycles. The van der Waals surface area contributed by atoms with Crippen molar-refractivity contribution >= 4 is 5.82 Å². The highest BCUT2D eigenvalue weighted by atomic mass is 16.3. The molecule has 11 heavy (non-hydrogen) atoms. The van der Waals surface area contributed by atoms with Crippen LogP contribution in [0.15, 0.2) is 6.20 Å². The Morgan fingerprint density at radius 2 is 2.36 bits per heavy atom. The number of nitrogens with zero attached hydrogens (tertiary/aromatic N) is 1. The molecule has 1 rings (SSSR count). The number of rotatable bonds is 0. The Balaban J connectivity index is 3.40. The van der Waals surface area contributed by atoms with Crippen LogP contribution in [0.4, 0.5) is 5.82 Å². The van der Waals surface area contributed by atoms with E-state index in [-0.39, 0.29) is 11.6 Å². The summed E-state index contributed by atoms with van der Waals surface area (Å²) >= 11 is 0. The quantitative estimate of drug-likeness (QED) is 0.531. The number of aromatic nitrogens is 1. The van der Waals surface area contributed by atoms with Gasteiger partial charge in [-0.3, -0.25) is 0 Å². The molecule has 0 atom stereocenters. The van der Waals surface area contributed by atoms with Gasteiger partial charge in [0.25, 0.3) is 0 Å². The predicted octanol–water partition coefficient (Wildman–Crippen LogP) is 0.659. The lowest BCUT2D eigenvalue weighted by Crippen LogP contribution is -1.94. The largest absolute Gasteiger partial charge is 0.504 e. The summed E-state index contributed by atoms with van der Waals surface area (Å²) in [6.07, 6.45) is 6.59. The van der Waals surface area contributed by atoms with Crippen molar-refractivity contribution in [2.45, 2.75) is 6.92 Å². The highest BCUT2D eigenvalue weighted by Crippen LogP contribution is 2.23. The first-order valence-corrected chi connectivity index (χ1v) is 3.07. The summed E-state index contributed by atoms with van der Waals surface area (Å²) in [5.74, 6) is 2.47. The van der Waals surface area contributed by atoms with Crippen LogP contribution in [0.1, 0.15) is 11.1 Å². The molecule has 0 unspecified atom stereocenters. The van der Waals surface area contributed by atoms with E-state index in [0.29, 0.717) is 11.1 Å². The molecule has 1 aromatic rings. The smallest absolute Gasteiger partial charge is 0.166 e. The molecule has 3 heteroatoms. The minimum Gasteiger partial charge on any atom is -0.504 e. The second kappa shape index (κ2) is 2.51. The molecule has 0 fully saturated rings. The predicted molar refractivity (Wildman–Crippen MR) is 43.0 cm³/mol. The monoisotopic (exact) mass is 148 g/mol. The molecule has 3 N–H and O–H groups in total. The number of hydrogen-bond donors (Lipinski definition) is 2. The SMILES string of the molecule is C#Cc1cnc(N)c(O)c1C. The average molecular weight is 148 g/mol. The number of nitrogens with two attached hydrogens (primary N) is 1. The molecule has 0 aliphatic rings. The summed E-state index contributed by atoms with van der Waals surface area (Å²) in [7, 11) is 0. The minimum absolute atomic E-state index is 0.0274. The molecule has 0 radical (unpaired) electrons. The number of pyridine rings is 1. The molecule has 0 saturated heterocycles. The standard InChI is InChI=1S/C8H8N2O/c1-3-6-4-10-8(9)7(11)5(6)2/h1,4,11H,2H3,(H2,9,10). The molecule has 1 aromatic heterocycles. The first kappa shape index (κ1) is 7.42. The zero-order chi connectivity index (χ0) is 8.43. The number of anilines is 1. The van der Waals surface area contributed by atoms with E-state index in [2.05, 4.69) is 10.9 Å². The van der Waals surface area contributed by atoms with Crippen LogP contribution in [0.25, 0.3) is 0 Å². The van der Waals surface area contributed by atoms with Crippen LogP contribution >= 0.6 is 0 Å². The Kier molecular flexibility index (Phi) is 1.69. The topological polar surface area (TPSA) is 59.1 Å². The van der Waals surface area contributed by atoms with Crippen molar-refractivity contribution in [3.05, 3.63) is 17.3 Å². The molecule has 3 nitrogen and oxygen atoms in total. The lowest BCUT2D eigenvalue weighted by atomic mass is 10.1.